The second kappa shape index (κ2) is 12.0. The lowest BCUT2D eigenvalue weighted by Crippen LogP contribution is -2.53. The summed E-state index contributed by atoms with van der Waals surface area (Å²) >= 11 is 6.02. The van der Waals surface area contributed by atoms with E-state index in [1.165, 1.54) is 0 Å². The molecule has 0 atom stereocenters. The molecule has 6 nitrogen and oxygen atoms in total. The van der Waals surface area contributed by atoms with Crippen molar-refractivity contribution in [3.8, 4) is 5.75 Å². The van der Waals surface area contributed by atoms with E-state index in [0.29, 0.717) is 31.1 Å². The van der Waals surface area contributed by atoms with Crippen LogP contribution in [0.4, 0.5) is 0 Å². The number of nitrogens with one attached hydrogen (secondary N) is 1. The van der Waals surface area contributed by atoms with Crippen LogP contribution in [0.25, 0.3) is 0 Å². The molecule has 3 rings (SSSR count). The van der Waals surface area contributed by atoms with Gasteiger partial charge in [0.2, 0.25) is 5.91 Å². The number of guanidine groups is 1. The van der Waals surface area contributed by atoms with Crippen molar-refractivity contribution >= 4 is 47.4 Å². The average Bonchev–Trinajstić information content (AvgIpc) is 2.75. The van der Waals surface area contributed by atoms with Crippen LogP contribution in [-0.4, -0.2) is 62.0 Å². The summed E-state index contributed by atoms with van der Waals surface area (Å²) in [7, 11) is 3.45. The van der Waals surface area contributed by atoms with Crippen LogP contribution >= 0.6 is 35.6 Å². The van der Waals surface area contributed by atoms with Gasteiger partial charge in [0.15, 0.2) is 5.96 Å². The van der Waals surface area contributed by atoms with Gasteiger partial charge in [-0.2, -0.15) is 0 Å². The van der Waals surface area contributed by atoms with Gasteiger partial charge < -0.3 is 19.9 Å². The van der Waals surface area contributed by atoms with Crippen LogP contribution < -0.4 is 10.1 Å². The molecular formula is C22H28ClIN4O2. The second-order valence-corrected chi connectivity index (χ2v) is 7.36. The van der Waals surface area contributed by atoms with E-state index in [1.807, 2.05) is 47.4 Å². The molecule has 8 heteroatoms. The summed E-state index contributed by atoms with van der Waals surface area (Å²) in [5, 5.41) is 4.06. The fourth-order valence-electron chi connectivity index (χ4n) is 3.40. The highest BCUT2D eigenvalue weighted by molar-refractivity contribution is 14.0. The molecule has 0 aromatic heterocycles. The summed E-state index contributed by atoms with van der Waals surface area (Å²) in [5.41, 5.74) is 2.07. The van der Waals surface area contributed by atoms with Crippen LogP contribution in [0.2, 0.25) is 5.02 Å². The summed E-state index contributed by atoms with van der Waals surface area (Å²) in [5.74, 6) is 1.81. The average molecular weight is 543 g/mol. The largest absolute Gasteiger partial charge is 0.497 e. The van der Waals surface area contributed by atoms with Crippen molar-refractivity contribution in [2.75, 3.05) is 40.3 Å². The maximum atomic E-state index is 12.6. The molecule has 2 aromatic rings. The van der Waals surface area contributed by atoms with Crippen LogP contribution in [0.3, 0.4) is 0 Å². The fourth-order valence-corrected chi connectivity index (χ4v) is 3.61. The Balaban J connectivity index is 0.00000320. The zero-order valence-electron chi connectivity index (χ0n) is 17.3. The Morgan fingerprint density at radius 1 is 1.07 bits per heavy atom. The molecule has 0 unspecified atom stereocenters. The molecule has 1 aliphatic rings. The molecule has 162 valence electrons. The number of rotatable bonds is 5. The van der Waals surface area contributed by atoms with Crippen molar-refractivity contribution in [3.63, 3.8) is 0 Å². The van der Waals surface area contributed by atoms with Crippen LogP contribution in [0.1, 0.15) is 11.1 Å². The van der Waals surface area contributed by atoms with Gasteiger partial charge in [-0.1, -0.05) is 35.9 Å². The van der Waals surface area contributed by atoms with Crippen molar-refractivity contribution in [1.82, 2.24) is 15.1 Å². The lowest BCUT2D eigenvalue weighted by Gasteiger charge is -2.36. The summed E-state index contributed by atoms with van der Waals surface area (Å²) in [4.78, 5) is 21.1. The zero-order chi connectivity index (χ0) is 20.6. The zero-order valence-corrected chi connectivity index (χ0v) is 20.4. The highest BCUT2D eigenvalue weighted by atomic mass is 127. The predicted octanol–water partition coefficient (Wildman–Crippen LogP) is 3.43. The number of ether oxygens (including phenoxy) is 1. The molecule has 0 saturated carbocycles. The van der Waals surface area contributed by atoms with Gasteiger partial charge in [0, 0.05) is 44.8 Å². The van der Waals surface area contributed by atoms with Crippen molar-refractivity contribution < 1.29 is 9.53 Å². The highest BCUT2D eigenvalue weighted by Crippen LogP contribution is 2.14. The first-order valence-electron chi connectivity index (χ1n) is 9.70. The number of nitrogens with zero attached hydrogens (tertiary/aromatic N) is 3. The van der Waals surface area contributed by atoms with E-state index >= 15 is 0 Å². The number of methoxy groups -OCH3 is 1. The van der Waals surface area contributed by atoms with E-state index in [4.69, 9.17) is 16.3 Å². The first-order chi connectivity index (χ1) is 14.1. The van der Waals surface area contributed by atoms with E-state index in [2.05, 4.69) is 21.3 Å². The third kappa shape index (κ3) is 6.77. The first kappa shape index (κ1) is 24.3. The maximum Gasteiger partial charge on any atom is 0.227 e. The second-order valence-electron chi connectivity index (χ2n) is 6.93. The van der Waals surface area contributed by atoms with Gasteiger partial charge in [-0.15, -0.1) is 24.0 Å². The molecular weight excluding hydrogens is 515 g/mol. The van der Waals surface area contributed by atoms with Gasteiger partial charge >= 0.3 is 0 Å². The van der Waals surface area contributed by atoms with Gasteiger partial charge in [0.1, 0.15) is 5.75 Å². The Morgan fingerprint density at radius 2 is 1.73 bits per heavy atom. The SMILES string of the molecule is CN=C(NCc1cccc(OC)c1)N1CCN(C(=O)Cc2cccc(Cl)c2)CC1.I. The van der Waals surface area contributed by atoms with Crippen LogP contribution in [0, 0.1) is 0 Å². The van der Waals surface area contributed by atoms with Gasteiger partial charge in [-0.3, -0.25) is 9.79 Å². The predicted molar refractivity (Wildman–Crippen MR) is 132 cm³/mol. The molecule has 1 amide bonds. The number of halogens is 2. The van der Waals surface area contributed by atoms with E-state index in [0.717, 1.165) is 35.9 Å². The van der Waals surface area contributed by atoms with Crippen LogP contribution in [0.5, 0.6) is 5.75 Å². The number of amides is 1. The van der Waals surface area contributed by atoms with Crippen molar-refractivity contribution in [2.45, 2.75) is 13.0 Å². The fraction of sp³-hybridized carbons (Fsp3) is 0.364. The topological polar surface area (TPSA) is 57.2 Å². The Kier molecular flexibility index (Phi) is 9.71. The molecule has 2 aromatic carbocycles. The molecule has 1 heterocycles. The molecule has 1 saturated heterocycles. The van der Waals surface area contributed by atoms with E-state index in [-0.39, 0.29) is 29.9 Å². The third-order valence-electron chi connectivity index (χ3n) is 4.97. The lowest BCUT2D eigenvalue weighted by molar-refractivity contribution is -0.131. The maximum absolute atomic E-state index is 12.6. The van der Waals surface area contributed by atoms with Crippen molar-refractivity contribution in [1.29, 1.82) is 0 Å². The van der Waals surface area contributed by atoms with Gasteiger partial charge in [-0.25, -0.2) is 0 Å². The third-order valence-corrected chi connectivity index (χ3v) is 5.21. The van der Waals surface area contributed by atoms with Crippen molar-refractivity contribution in [2.24, 2.45) is 4.99 Å². The molecule has 0 radical (unpaired) electrons. The van der Waals surface area contributed by atoms with Crippen LogP contribution in [-0.2, 0) is 17.8 Å². The van der Waals surface area contributed by atoms with Crippen LogP contribution in [0.15, 0.2) is 53.5 Å². The smallest absolute Gasteiger partial charge is 0.227 e. The Morgan fingerprint density at radius 3 is 2.40 bits per heavy atom. The molecule has 1 aliphatic heterocycles. The minimum Gasteiger partial charge on any atom is -0.497 e. The molecule has 30 heavy (non-hydrogen) atoms. The monoisotopic (exact) mass is 542 g/mol. The molecule has 0 spiro atoms. The lowest BCUT2D eigenvalue weighted by atomic mass is 10.1. The van der Waals surface area contributed by atoms with E-state index in [1.54, 1.807) is 14.2 Å². The van der Waals surface area contributed by atoms with Gasteiger partial charge in [0.25, 0.3) is 0 Å². The van der Waals surface area contributed by atoms with E-state index in [9.17, 15) is 4.79 Å². The quantitative estimate of drug-likeness (QED) is 0.357. The first-order valence-corrected chi connectivity index (χ1v) is 10.1. The Hall–Kier alpha value is -2.00. The summed E-state index contributed by atoms with van der Waals surface area (Å²) in [6.45, 7) is 3.52. The molecule has 1 N–H and O–H groups in total. The van der Waals surface area contributed by atoms with Crippen molar-refractivity contribution in [3.05, 3.63) is 64.7 Å². The number of aliphatic imine (C=N–C) groups is 1. The van der Waals surface area contributed by atoms with Gasteiger partial charge in [0.05, 0.1) is 13.5 Å². The molecule has 0 aliphatic carbocycles. The normalized spacial score (nSPS) is 14.2. The summed E-state index contributed by atoms with van der Waals surface area (Å²) in [6.07, 6.45) is 0.378. The number of hydrogen-bond acceptors (Lipinski definition) is 3. The standard InChI is InChI=1S/C22H27ClN4O2.HI/c1-24-22(25-16-18-6-4-8-20(14-18)29-2)27-11-9-26(10-12-27)21(28)15-17-5-3-7-19(23)13-17;/h3-8,13-14H,9-12,15-16H2,1-2H3,(H,24,25);1H. The van der Waals surface area contributed by atoms with E-state index < -0.39 is 0 Å². The Bertz CT molecular complexity index is 870. The van der Waals surface area contributed by atoms with Gasteiger partial charge in [-0.05, 0) is 35.4 Å². The summed E-state index contributed by atoms with van der Waals surface area (Å²) in [6, 6.07) is 15.4. The summed E-state index contributed by atoms with van der Waals surface area (Å²) < 4.78 is 5.27. The molecule has 1 fully saturated rings. The molecule has 0 bridgehead atoms. The number of hydrogen-bond donors (Lipinski definition) is 1. The highest BCUT2D eigenvalue weighted by Gasteiger charge is 2.23. The number of carbonyl (C=O) groups is 1. The number of carbonyl (C=O) groups excluding carboxylic acids is 1. The Labute approximate surface area is 200 Å². The number of benzene rings is 2. The minimum atomic E-state index is 0. The minimum absolute atomic E-state index is 0. The number of piperazine rings is 1.